The molecule has 0 bridgehead atoms. The molecule has 1 aliphatic rings. The van der Waals surface area contributed by atoms with Crippen molar-refractivity contribution in [3.05, 3.63) is 18.2 Å². The number of likely N-dealkylation sites (tertiary alicyclic amines) is 1. The molecule has 3 N–H and O–H groups in total. The lowest BCUT2D eigenvalue weighted by molar-refractivity contribution is 0.0786. The molecule has 0 spiro atoms. The Morgan fingerprint density at radius 2 is 1.95 bits per heavy atom. The number of hydrogen-bond acceptors (Lipinski definition) is 4. The van der Waals surface area contributed by atoms with Gasteiger partial charge in [0.05, 0.1) is 6.04 Å². The third-order valence-electron chi connectivity index (χ3n) is 4.76. The Morgan fingerprint density at radius 3 is 2.52 bits per heavy atom. The number of rotatable bonds is 6. The first-order valence-electron chi connectivity index (χ1n) is 8.33. The van der Waals surface area contributed by atoms with E-state index >= 15 is 0 Å². The highest BCUT2D eigenvalue weighted by Crippen LogP contribution is 2.31. The Hall–Kier alpha value is -0.910. The Bertz CT molecular complexity index is 418. The van der Waals surface area contributed by atoms with E-state index in [0.29, 0.717) is 0 Å². The number of imidazole rings is 1. The van der Waals surface area contributed by atoms with E-state index in [9.17, 15) is 0 Å². The van der Waals surface area contributed by atoms with Crippen LogP contribution < -0.4 is 11.3 Å². The summed E-state index contributed by atoms with van der Waals surface area (Å²) in [4.78, 5) is 7.16. The zero-order valence-corrected chi connectivity index (χ0v) is 13.8. The standard InChI is InChI=1S/C16H31N5/c1-4-10-20-13-9-18-15(20)14(19-17)16(2,3)21-11-7-5-6-8-12-21/h9,13-14,19H,4-8,10-12,17H2,1-3H3. The van der Waals surface area contributed by atoms with Crippen LogP contribution in [0.15, 0.2) is 12.4 Å². The Labute approximate surface area is 128 Å². The Balaban J connectivity index is 2.23. The number of aromatic nitrogens is 2. The van der Waals surface area contributed by atoms with E-state index in [1.54, 1.807) is 0 Å². The van der Waals surface area contributed by atoms with Gasteiger partial charge in [-0.15, -0.1) is 0 Å². The van der Waals surface area contributed by atoms with Crippen LogP contribution >= 0.6 is 0 Å². The number of hydrogen-bond donors (Lipinski definition) is 2. The molecule has 1 unspecified atom stereocenters. The number of aryl methyl sites for hydroxylation is 1. The minimum Gasteiger partial charge on any atom is -0.334 e. The van der Waals surface area contributed by atoms with Crippen LogP contribution in [0.5, 0.6) is 0 Å². The van der Waals surface area contributed by atoms with Crippen molar-refractivity contribution in [3.63, 3.8) is 0 Å². The molecule has 5 nitrogen and oxygen atoms in total. The van der Waals surface area contributed by atoms with Gasteiger partial charge in [0.1, 0.15) is 5.82 Å². The van der Waals surface area contributed by atoms with Gasteiger partial charge in [0.15, 0.2) is 0 Å². The van der Waals surface area contributed by atoms with Gasteiger partial charge in [-0.05, 0) is 46.2 Å². The highest BCUT2D eigenvalue weighted by Gasteiger charge is 2.38. The first-order valence-corrected chi connectivity index (χ1v) is 8.33. The third-order valence-corrected chi connectivity index (χ3v) is 4.76. The van der Waals surface area contributed by atoms with Gasteiger partial charge in [-0.25, -0.2) is 10.4 Å². The summed E-state index contributed by atoms with van der Waals surface area (Å²) in [5, 5.41) is 0. The maximum absolute atomic E-state index is 5.93. The van der Waals surface area contributed by atoms with Crippen LogP contribution in [-0.2, 0) is 6.54 Å². The molecule has 0 radical (unpaired) electrons. The number of hydrazine groups is 1. The van der Waals surface area contributed by atoms with E-state index in [-0.39, 0.29) is 11.6 Å². The largest absolute Gasteiger partial charge is 0.334 e. The molecule has 1 atom stereocenters. The summed E-state index contributed by atoms with van der Waals surface area (Å²) in [6.07, 6.45) is 10.3. The highest BCUT2D eigenvalue weighted by molar-refractivity contribution is 5.08. The second kappa shape index (κ2) is 7.38. The molecule has 5 heteroatoms. The molecule has 2 heterocycles. The van der Waals surface area contributed by atoms with Crippen LogP contribution in [0.1, 0.15) is 64.7 Å². The maximum atomic E-state index is 5.93. The van der Waals surface area contributed by atoms with Crippen molar-refractivity contribution in [1.29, 1.82) is 0 Å². The molecule has 0 aliphatic carbocycles. The smallest absolute Gasteiger partial charge is 0.129 e. The Morgan fingerprint density at radius 1 is 1.29 bits per heavy atom. The fourth-order valence-electron chi connectivity index (χ4n) is 3.44. The van der Waals surface area contributed by atoms with E-state index in [4.69, 9.17) is 5.84 Å². The third kappa shape index (κ3) is 3.65. The maximum Gasteiger partial charge on any atom is 0.129 e. The zero-order chi connectivity index (χ0) is 15.3. The van der Waals surface area contributed by atoms with Gasteiger partial charge >= 0.3 is 0 Å². The zero-order valence-electron chi connectivity index (χ0n) is 13.8. The second-order valence-electron chi connectivity index (χ2n) is 6.63. The topological polar surface area (TPSA) is 59.1 Å². The normalized spacial score (nSPS) is 19.4. The lowest BCUT2D eigenvalue weighted by atomic mass is 9.91. The van der Waals surface area contributed by atoms with E-state index < -0.39 is 0 Å². The number of nitrogens with zero attached hydrogens (tertiary/aromatic N) is 3. The molecular formula is C16H31N5. The predicted octanol–water partition coefficient (Wildman–Crippen LogP) is 2.45. The SMILES string of the molecule is CCCn1ccnc1C(NN)C(C)(C)N1CCCCCC1. The fraction of sp³-hybridized carbons (Fsp3) is 0.812. The van der Waals surface area contributed by atoms with Crippen molar-refractivity contribution < 1.29 is 0 Å². The van der Waals surface area contributed by atoms with Crippen molar-refractivity contribution in [2.24, 2.45) is 5.84 Å². The monoisotopic (exact) mass is 293 g/mol. The van der Waals surface area contributed by atoms with Gasteiger partial charge in [-0.3, -0.25) is 10.7 Å². The van der Waals surface area contributed by atoms with Crippen LogP contribution in [-0.4, -0.2) is 33.1 Å². The number of nitrogens with one attached hydrogen (secondary N) is 1. The van der Waals surface area contributed by atoms with Crippen molar-refractivity contribution in [3.8, 4) is 0 Å². The summed E-state index contributed by atoms with van der Waals surface area (Å²) < 4.78 is 2.23. The summed E-state index contributed by atoms with van der Waals surface area (Å²) in [6.45, 7) is 10.1. The van der Waals surface area contributed by atoms with E-state index in [0.717, 1.165) is 31.9 Å². The first-order chi connectivity index (χ1) is 10.1. The van der Waals surface area contributed by atoms with Gasteiger partial charge in [-0.1, -0.05) is 19.8 Å². The molecule has 1 saturated heterocycles. The van der Waals surface area contributed by atoms with Crippen molar-refractivity contribution >= 4 is 0 Å². The molecule has 0 amide bonds. The average Bonchev–Trinajstić information content (AvgIpc) is 2.74. The van der Waals surface area contributed by atoms with Crippen molar-refractivity contribution in [1.82, 2.24) is 19.9 Å². The van der Waals surface area contributed by atoms with Crippen molar-refractivity contribution in [2.45, 2.75) is 71.0 Å². The predicted molar refractivity (Wildman–Crippen MR) is 86.7 cm³/mol. The van der Waals surface area contributed by atoms with Crippen LogP contribution in [0.2, 0.25) is 0 Å². The average molecular weight is 293 g/mol. The summed E-state index contributed by atoms with van der Waals surface area (Å²) in [5.41, 5.74) is 2.99. The van der Waals surface area contributed by atoms with E-state index in [2.05, 4.69) is 46.8 Å². The van der Waals surface area contributed by atoms with Gasteiger partial charge in [0.25, 0.3) is 0 Å². The second-order valence-corrected chi connectivity index (χ2v) is 6.63. The van der Waals surface area contributed by atoms with Crippen LogP contribution in [0.3, 0.4) is 0 Å². The molecule has 21 heavy (non-hydrogen) atoms. The van der Waals surface area contributed by atoms with Gasteiger partial charge in [0.2, 0.25) is 0 Å². The first kappa shape index (κ1) is 16.5. The molecule has 1 aliphatic heterocycles. The van der Waals surface area contributed by atoms with Gasteiger partial charge in [0, 0.05) is 24.5 Å². The van der Waals surface area contributed by atoms with E-state index in [1.165, 1.54) is 25.7 Å². The minimum absolute atomic E-state index is 0.0390. The fourth-order valence-corrected chi connectivity index (χ4v) is 3.44. The lowest BCUT2D eigenvalue weighted by Crippen LogP contribution is -2.55. The molecule has 1 aromatic heterocycles. The Kier molecular flexibility index (Phi) is 5.79. The summed E-state index contributed by atoms with van der Waals surface area (Å²) in [7, 11) is 0. The van der Waals surface area contributed by atoms with Crippen LogP contribution in [0.25, 0.3) is 0 Å². The van der Waals surface area contributed by atoms with Crippen molar-refractivity contribution in [2.75, 3.05) is 13.1 Å². The molecule has 1 fully saturated rings. The number of nitrogens with two attached hydrogens (primary N) is 1. The summed E-state index contributed by atoms with van der Waals surface area (Å²) >= 11 is 0. The molecule has 0 aromatic carbocycles. The molecule has 2 rings (SSSR count). The van der Waals surface area contributed by atoms with Gasteiger partial charge < -0.3 is 4.57 Å². The summed E-state index contributed by atoms with van der Waals surface area (Å²) in [5.74, 6) is 6.98. The molecular weight excluding hydrogens is 262 g/mol. The van der Waals surface area contributed by atoms with Gasteiger partial charge in [-0.2, -0.15) is 0 Å². The quantitative estimate of drug-likeness (QED) is 0.625. The molecule has 0 saturated carbocycles. The van der Waals surface area contributed by atoms with Crippen LogP contribution in [0.4, 0.5) is 0 Å². The highest BCUT2D eigenvalue weighted by atomic mass is 15.3. The van der Waals surface area contributed by atoms with Crippen LogP contribution in [0, 0.1) is 0 Å². The molecule has 120 valence electrons. The lowest BCUT2D eigenvalue weighted by Gasteiger charge is -2.43. The summed E-state index contributed by atoms with van der Waals surface area (Å²) in [6, 6.07) is 0.0390. The minimum atomic E-state index is -0.0457. The van der Waals surface area contributed by atoms with E-state index in [1.807, 2.05) is 6.20 Å². The molecule has 1 aromatic rings.